The highest BCUT2D eigenvalue weighted by atomic mass is 16.4. The van der Waals surface area contributed by atoms with Crippen LogP contribution in [0.3, 0.4) is 0 Å². The van der Waals surface area contributed by atoms with Gasteiger partial charge in [-0.3, -0.25) is 4.79 Å². The molecule has 1 unspecified atom stereocenters. The van der Waals surface area contributed by atoms with E-state index in [1.54, 1.807) is 6.92 Å². The minimum absolute atomic E-state index is 0.185. The van der Waals surface area contributed by atoms with Crippen molar-refractivity contribution in [2.75, 3.05) is 6.54 Å². The van der Waals surface area contributed by atoms with Crippen LogP contribution in [0.1, 0.15) is 33.1 Å². The van der Waals surface area contributed by atoms with Crippen LogP contribution >= 0.6 is 0 Å². The topological polar surface area (TPSA) is 122 Å². The lowest BCUT2D eigenvalue weighted by atomic mass is 10.00. The second-order valence-corrected chi connectivity index (χ2v) is 3.94. The van der Waals surface area contributed by atoms with Gasteiger partial charge in [0.25, 0.3) is 0 Å². The summed E-state index contributed by atoms with van der Waals surface area (Å²) >= 11 is 0. The maximum Gasteiger partial charge on any atom is 0.329 e. The van der Waals surface area contributed by atoms with Gasteiger partial charge in [0.2, 0.25) is 5.91 Å². The molecule has 0 saturated heterocycles. The summed E-state index contributed by atoms with van der Waals surface area (Å²) in [5.41, 5.74) is 3.64. The number of rotatable bonds is 7. The largest absolute Gasteiger partial charge is 0.480 e. The number of nitrogens with two attached hydrogens (primary N) is 1. The second-order valence-electron chi connectivity index (χ2n) is 3.94. The first-order chi connectivity index (χ1) is 7.81. The van der Waals surface area contributed by atoms with E-state index in [4.69, 9.17) is 10.8 Å². The molecule has 3 amide bonds. The maximum absolute atomic E-state index is 11.4. The molecule has 0 aliphatic carbocycles. The Morgan fingerprint density at radius 3 is 2.35 bits per heavy atom. The number of carbonyl (C=O) groups excluding carboxylic acids is 2. The Morgan fingerprint density at radius 2 is 1.94 bits per heavy atom. The van der Waals surface area contributed by atoms with Gasteiger partial charge in [-0.05, 0) is 19.8 Å². The molecular weight excluding hydrogens is 226 g/mol. The zero-order chi connectivity index (χ0) is 13.5. The van der Waals surface area contributed by atoms with E-state index in [9.17, 15) is 14.4 Å². The number of amides is 3. The number of nitrogens with one attached hydrogen (secondary N) is 2. The summed E-state index contributed by atoms with van der Waals surface area (Å²) < 4.78 is 0. The summed E-state index contributed by atoms with van der Waals surface area (Å²) in [6.45, 7) is 3.37. The Balaban J connectivity index is 4.00. The van der Waals surface area contributed by atoms with Gasteiger partial charge < -0.3 is 21.5 Å². The van der Waals surface area contributed by atoms with Crippen LogP contribution in [0.25, 0.3) is 0 Å². The van der Waals surface area contributed by atoms with Gasteiger partial charge in [-0.1, -0.05) is 6.92 Å². The average molecular weight is 245 g/mol. The van der Waals surface area contributed by atoms with Crippen LogP contribution in [0.2, 0.25) is 0 Å². The van der Waals surface area contributed by atoms with Crippen molar-refractivity contribution in [1.29, 1.82) is 0 Å². The molecule has 0 aliphatic heterocycles. The predicted octanol–water partition coefficient (Wildman–Crippen LogP) is -0.196. The first kappa shape index (κ1) is 15.2. The molecule has 0 aliphatic rings. The molecule has 98 valence electrons. The Bertz CT molecular complexity index is 306. The van der Waals surface area contributed by atoms with Crippen LogP contribution in [0.15, 0.2) is 0 Å². The quantitative estimate of drug-likeness (QED) is 0.464. The molecule has 0 aromatic heterocycles. The monoisotopic (exact) mass is 245 g/mol. The van der Waals surface area contributed by atoms with Crippen LogP contribution in [0.4, 0.5) is 4.79 Å². The smallest absolute Gasteiger partial charge is 0.329 e. The van der Waals surface area contributed by atoms with Crippen LogP contribution < -0.4 is 16.4 Å². The molecule has 0 heterocycles. The van der Waals surface area contributed by atoms with Gasteiger partial charge in [0.05, 0.1) is 0 Å². The van der Waals surface area contributed by atoms with Crippen LogP contribution in [-0.4, -0.2) is 35.1 Å². The molecule has 17 heavy (non-hydrogen) atoms. The molecule has 0 fully saturated rings. The lowest BCUT2D eigenvalue weighted by molar-refractivity contribution is -0.143. The lowest BCUT2D eigenvalue weighted by Crippen LogP contribution is -2.54. The number of carbonyl (C=O) groups is 3. The summed E-state index contributed by atoms with van der Waals surface area (Å²) in [5.74, 6) is -1.52. The molecule has 0 bridgehead atoms. The minimum Gasteiger partial charge on any atom is -0.480 e. The summed E-state index contributed by atoms with van der Waals surface area (Å²) in [6.07, 6.45) is 0.889. The Kier molecular flexibility index (Phi) is 6.01. The SMILES string of the molecule is CCC(C)(NC(=O)NCCCC(N)=O)C(=O)O. The van der Waals surface area contributed by atoms with Crippen molar-refractivity contribution in [1.82, 2.24) is 10.6 Å². The zero-order valence-corrected chi connectivity index (χ0v) is 10.1. The highest BCUT2D eigenvalue weighted by Gasteiger charge is 2.32. The fourth-order valence-corrected chi connectivity index (χ4v) is 1.05. The summed E-state index contributed by atoms with van der Waals surface area (Å²) in [6, 6.07) is -0.568. The average Bonchev–Trinajstić information content (AvgIpc) is 2.23. The van der Waals surface area contributed by atoms with Gasteiger partial charge in [0.15, 0.2) is 0 Å². The van der Waals surface area contributed by atoms with Crippen molar-refractivity contribution in [2.24, 2.45) is 5.73 Å². The first-order valence-corrected chi connectivity index (χ1v) is 5.39. The normalized spacial score (nSPS) is 13.5. The number of aliphatic carboxylic acids is 1. The van der Waals surface area contributed by atoms with E-state index in [1.165, 1.54) is 6.92 Å². The number of hydrogen-bond acceptors (Lipinski definition) is 3. The van der Waals surface area contributed by atoms with Crippen molar-refractivity contribution >= 4 is 17.9 Å². The molecule has 0 saturated carbocycles. The van der Waals surface area contributed by atoms with Crippen LogP contribution in [0, 0.1) is 0 Å². The van der Waals surface area contributed by atoms with E-state index in [0.29, 0.717) is 6.42 Å². The van der Waals surface area contributed by atoms with E-state index in [-0.39, 0.29) is 19.4 Å². The summed E-state index contributed by atoms with van der Waals surface area (Å²) in [7, 11) is 0. The molecule has 0 rings (SSSR count). The van der Waals surface area contributed by atoms with Gasteiger partial charge in [0.1, 0.15) is 5.54 Å². The van der Waals surface area contributed by atoms with Gasteiger partial charge in [-0.2, -0.15) is 0 Å². The Morgan fingerprint density at radius 1 is 1.35 bits per heavy atom. The van der Waals surface area contributed by atoms with E-state index in [1.807, 2.05) is 0 Å². The predicted molar refractivity (Wildman–Crippen MR) is 61.3 cm³/mol. The lowest BCUT2D eigenvalue weighted by Gasteiger charge is -2.24. The number of primary amides is 1. The molecule has 0 aromatic rings. The minimum atomic E-state index is -1.28. The van der Waals surface area contributed by atoms with E-state index < -0.39 is 23.4 Å². The zero-order valence-electron chi connectivity index (χ0n) is 10.1. The molecule has 7 nitrogen and oxygen atoms in total. The Labute approximate surface area is 99.7 Å². The third kappa shape index (κ3) is 5.74. The van der Waals surface area contributed by atoms with E-state index in [0.717, 1.165) is 0 Å². The molecule has 7 heteroatoms. The van der Waals surface area contributed by atoms with Crippen LogP contribution in [-0.2, 0) is 9.59 Å². The van der Waals surface area contributed by atoms with Gasteiger partial charge in [0, 0.05) is 13.0 Å². The maximum atomic E-state index is 11.4. The highest BCUT2D eigenvalue weighted by molar-refractivity contribution is 5.85. The molecule has 5 N–H and O–H groups in total. The molecule has 0 aromatic carbocycles. The van der Waals surface area contributed by atoms with Gasteiger partial charge >= 0.3 is 12.0 Å². The summed E-state index contributed by atoms with van der Waals surface area (Å²) in [4.78, 5) is 32.7. The number of urea groups is 1. The first-order valence-electron chi connectivity index (χ1n) is 5.39. The molecule has 0 spiro atoms. The van der Waals surface area contributed by atoms with Crippen molar-refractivity contribution in [2.45, 2.75) is 38.6 Å². The van der Waals surface area contributed by atoms with Gasteiger partial charge in [-0.15, -0.1) is 0 Å². The fraction of sp³-hybridized carbons (Fsp3) is 0.700. The van der Waals surface area contributed by atoms with Gasteiger partial charge in [-0.25, -0.2) is 9.59 Å². The summed E-state index contributed by atoms with van der Waals surface area (Å²) in [5, 5.41) is 13.7. The molecule has 1 atom stereocenters. The second kappa shape index (κ2) is 6.72. The molecule has 0 radical (unpaired) electrons. The van der Waals surface area contributed by atoms with Crippen molar-refractivity contribution in [3.63, 3.8) is 0 Å². The fourth-order valence-electron chi connectivity index (χ4n) is 1.05. The van der Waals surface area contributed by atoms with Crippen molar-refractivity contribution in [3.05, 3.63) is 0 Å². The van der Waals surface area contributed by atoms with E-state index >= 15 is 0 Å². The Hall–Kier alpha value is -1.79. The van der Waals surface area contributed by atoms with Crippen molar-refractivity contribution in [3.8, 4) is 0 Å². The standard InChI is InChI=1S/C10H19N3O4/c1-3-10(2,8(15)16)13-9(17)12-6-4-5-7(11)14/h3-6H2,1-2H3,(H2,11,14)(H,15,16)(H2,12,13,17). The van der Waals surface area contributed by atoms with E-state index in [2.05, 4.69) is 10.6 Å². The highest BCUT2D eigenvalue weighted by Crippen LogP contribution is 2.08. The molecular formula is C10H19N3O4. The number of carboxylic acid groups (broad SMARTS) is 1. The third-order valence-corrected chi connectivity index (χ3v) is 2.45. The van der Waals surface area contributed by atoms with Crippen molar-refractivity contribution < 1.29 is 19.5 Å². The number of hydrogen-bond donors (Lipinski definition) is 4. The van der Waals surface area contributed by atoms with Crippen LogP contribution in [0.5, 0.6) is 0 Å². The number of carboxylic acids is 1. The third-order valence-electron chi connectivity index (χ3n) is 2.45.